The molecular weight excluding hydrogens is 709 g/mol. The van der Waals surface area contributed by atoms with Crippen molar-refractivity contribution in [2.45, 2.75) is 27.7 Å². The topological polar surface area (TPSA) is 42.3 Å². The number of nitrogens with zero attached hydrogens (tertiary/aromatic N) is 2. The number of aryl methyl sites for hydroxylation is 4. The van der Waals surface area contributed by atoms with Crippen molar-refractivity contribution >= 4 is 39.3 Å². The lowest BCUT2D eigenvalue weighted by Crippen LogP contribution is -2.30. The van der Waals surface area contributed by atoms with Crippen LogP contribution in [0.4, 0.5) is 5.69 Å². The number of aromatic nitrogens is 1. The molecule has 0 fully saturated rings. The molecule has 2 amide bonds. The van der Waals surface area contributed by atoms with Crippen LogP contribution in [0.2, 0.25) is 0 Å². The van der Waals surface area contributed by atoms with E-state index < -0.39 is 0 Å². The van der Waals surface area contributed by atoms with Gasteiger partial charge >= 0.3 is 0 Å². The van der Waals surface area contributed by atoms with Crippen molar-refractivity contribution in [3.63, 3.8) is 0 Å². The maximum absolute atomic E-state index is 15.2. The third-order valence-corrected chi connectivity index (χ3v) is 11.4. The summed E-state index contributed by atoms with van der Waals surface area (Å²) >= 11 is 0. The first-order valence-corrected chi connectivity index (χ1v) is 19.7. The summed E-state index contributed by atoms with van der Waals surface area (Å²) < 4.78 is 2.20. The first-order valence-electron chi connectivity index (χ1n) is 19.7. The van der Waals surface area contributed by atoms with Crippen LogP contribution in [0.15, 0.2) is 170 Å². The number of hydrogen-bond acceptors (Lipinski definition) is 2. The lowest BCUT2D eigenvalue weighted by molar-refractivity contribution is 0.0926. The molecule has 1 aliphatic rings. The molecule has 0 unspecified atom stereocenters. The molecule has 10 rings (SSSR count). The molecule has 2 heterocycles. The second kappa shape index (κ2) is 13.7. The summed E-state index contributed by atoms with van der Waals surface area (Å²) in [7, 11) is 0. The van der Waals surface area contributed by atoms with Crippen LogP contribution in [0.3, 0.4) is 0 Å². The number of fused-ring (bicyclic) bond motifs is 4. The van der Waals surface area contributed by atoms with E-state index in [-0.39, 0.29) is 11.8 Å². The highest BCUT2D eigenvalue weighted by Gasteiger charge is 2.41. The molecule has 0 saturated carbocycles. The number of benzene rings is 8. The monoisotopic (exact) mass is 748 g/mol. The molecule has 0 N–H and O–H groups in total. The van der Waals surface area contributed by atoms with E-state index in [0.29, 0.717) is 22.5 Å². The van der Waals surface area contributed by atoms with Gasteiger partial charge in [-0.15, -0.1) is 0 Å². The second-order valence-electron chi connectivity index (χ2n) is 15.6. The Morgan fingerprint density at radius 2 is 0.828 bits per heavy atom. The van der Waals surface area contributed by atoms with Gasteiger partial charge in [-0.3, -0.25) is 9.59 Å². The molecule has 8 aromatic carbocycles. The molecule has 0 atom stereocenters. The Morgan fingerprint density at radius 1 is 0.345 bits per heavy atom. The van der Waals surface area contributed by atoms with Crippen molar-refractivity contribution in [3.05, 3.63) is 203 Å². The number of anilines is 1. The molecule has 1 aliphatic heterocycles. The van der Waals surface area contributed by atoms with Gasteiger partial charge in [0.05, 0.1) is 33.5 Å². The van der Waals surface area contributed by atoms with Gasteiger partial charge in [0, 0.05) is 16.3 Å². The van der Waals surface area contributed by atoms with Crippen LogP contribution in [0.25, 0.3) is 72.0 Å². The number of hydrogen-bond donors (Lipinski definition) is 0. The van der Waals surface area contributed by atoms with E-state index in [1.54, 1.807) is 6.07 Å². The van der Waals surface area contributed by atoms with Gasteiger partial charge in [-0.1, -0.05) is 162 Å². The van der Waals surface area contributed by atoms with E-state index in [0.717, 1.165) is 66.3 Å². The third kappa shape index (κ3) is 5.76. The lowest BCUT2D eigenvalue weighted by atomic mass is 9.92. The number of carbonyl (C=O) groups excluding carboxylic acids is 2. The minimum atomic E-state index is -0.344. The van der Waals surface area contributed by atoms with E-state index in [1.165, 1.54) is 27.2 Å². The number of carbonyl (C=O) groups is 2. The largest absolute Gasteiger partial charge is 0.308 e. The Morgan fingerprint density at radius 3 is 1.36 bits per heavy atom. The molecule has 0 spiro atoms. The molecule has 0 saturated heterocycles. The Kier molecular flexibility index (Phi) is 8.31. The van der Waals surface area contributed by atoms with Crippen molar-refractivity contribution < 1.29 is 9.59 Å². The third-order valence-electron chi connectivity index (χ3n) is 11.4. The van der Waals surface area contributed by atoms with Gasteiger partial charge in [0.25, 0.3) is 11.8 Å². The highest BCUT2D eigenvalue weighted by Crippen LogP contribution is 2.45. The fourth-order valence-corrected chi connectivity index (χ4v) is 9.09. The quantitative estimate of drug-likeness (QED) is 0.159. The summed E-state index contributed by atoms with van der Waals surface area (Å²) in [4.78, 5) is 31.4. The smallest absolute Gasteiger partial charge is 0.268 e. The molecule has 4 nitrogen and oxygen atoms in total. The van der Waals surface area contributed by atoms with Crippen LogP contribution >= 0.6 is 0 Å². The Bertz CT molecular complexity index is 2990. The molecule has 278 valence electrons. The summed E-state index contributed by atoms with van der Waals surface area (Å²) in [5.74, 6) is -0.680. The SMILES string of the molecule is Cc1cc(C)cc(-c2ccc3c4ccc(-c5cc(C)cc(C)c5)cc4n(-c4cccc5c4C(=O)N(c4cccc(-c6ccccc6)c4-c4ccccc4)C5=O)c3c2)c1. The van der Waals surface area contributed by atoms with Crippen molar-refractivity contribution in [2.24, 2.45) is 0 Å². The van der Waals surface area contributed by atoms with Crippen LogP contribution < -0.4 is 4.90 Å². The molecule has 58 heavy (non-hydrogen) atoms. The average molecular weight is 749 g/mol. The van der Waals surface area contributed by atoms with Crippen LogP contribution in [0, 0.1) is 27.7 Å². The first kappa shape index (κ1) is 35.1. The minimum Gasteiger partial charge on any atom is -0.308 e. The summed E-state index contributed by atoms with van der Waals surface area (Å²) in [6, 6.07) is 58.2. The van der Waals surface area contributed by atoms with Gasteiger partial charge in [-0.05, 0) is 97.0 Å². The van der Waals surface area contributed by atoms with Crippen molar-refractivity contribution in [1.82, 2.24) is 4.57 Å². The van der Waals surface area contributed by atoms with E-state index in [4.69, 9.17) is 0 Å². The fraction of sp³-hybridized carbons (Fsp3) is 0.0741. The van der Waals surface area contributed by atoms with Crippen molar-refractivity contribution in [3.8, 4) is 50.2 Å². The molecule has 1 aromatic heterocycles. The van der Waals surface area contributed by atoms with Gasteiger partial charge in [0.1, 0.15) is 0 Å². The standard InChI is InChI=1S/C54H40N2O2/c1-33-25-34(2)28-41(27-33)39-21-23-44-45-24-22-40(42-29-35(3)26-36(4)30-42)32-50(45)55(49(44)31-39)48-20-12-18-46-52(48)54(58)56(53(46)57)47-19-11-17-43(37-13-7-5-8-14-37)51(47)38-15-9-6-10-16-38/h5-32H,1-4H3. The maximum atomic E-state index is 15.2. The Hall–Kier alpha value is -7.30. The molecule has 0 radical (unpaired) electrons. The van der Waals surface area contributed by atoms with Crippen LogP contribution in [-0.2, 0) is 0 Å². The predicted octanol–water partition coefficient (Wildman–Crippen LogP) is 13.5. The van der Waals surface area contributed by atoms with E-state index in [9.17, 15) is 4.79 Å². The van der Waals surface area contributed by atoms with Crippen molar-refractivity contribution in [2.75, 3.05) is 4.90 Å². The average Bonchev–Trinajstić information content (AvgIpc) is 3.69. The maximum Gasteiger partial charge on any atom is 0.268 e. The molecule has 9 aromatic rings. The van der Waals surface area contributed by atoms with Gasteiger partial charge in [0.2, 0.25) is 0 Å². The lowest BCUT2D eigenvalue weighted by Gasteiger charge is -2.22. The van der Waals surface area contributed by atoms with Gasteiger partial charge < -0.3 is 4.57 Å². The highest BCUT2D eigenvalue weighted by atomic mass is 16.2. The summed E-state index contributed by atoms with van der Waals surface area (Å²) in [6.45, 7) is 8.50. The van der Waals surface area contributed by atoms with Crippen molar-refractivity contribution in [1.29, 1.82) is 0 Å². The summed E-state index contributed by atoms with van der Waals surface area (Å²) in [6.07, 6.45) is 0. The van der Waals surface area contributed by atoms with Gasteiger partial charge in [-0.25, -0.2) is 4.90 Å². The Labute approximate surface area is 338 Å². The number of amides is 2. The van der Waals surface area contributed by atoms with Gasteiger partial charge in [-0.2, -0.15) is 0 Å². The normalized spacial score (nSPS) is 12.5. The molecule has 0 aliphatic carbocycles. The number of imide groups is 1. The van der Waals surface area contributed by atoms with Gasteiger partial charge in [0.15, 0.2) is 0 Å². The van der Waals surface area contributed by atoms with Crippen LogP contribution in [0.5, 0.6) is 0 Å². The molecular formula is C54H40N2O2. The van der Waals surface area contributed by atoms with E-state index in [2.05, 4.69) is 123 Å². The zero-order valence-corrected chi connectivity index (χ0v) is 32.9. The number of rotatable bonds is 6. The zero-order valence-electron chi connectivity index (χ0n) is 32.9. The zero-order chi connectivity index (χ0) is 39.7. The predicted molar refractivity (Wildman–Crippen MR) is 239 cm³/mol. The molecule has 0 bridgehead atoms. The Balaban J connectivity index is 1.22. The first-order chi connectivity index (χ1) is 28.2. The van der Waals surface area contributed by atoms with E-state index in [1.807, 2.05) is 72.8 Å². The van der Waals surface area contributed by atoms with Crippen LogP contribution in [-0.4, -0.2) is 16.4 Å². The summed E-state index contributed by atoms with van der Waals surface area (Å²) in [5.41, 5.74) is 16.9. The molecule has 4 heteroatoms. The summed E-state index contributed by atoms with van der Waals surface area (Å²) in [5, 5.41) is 2.14. The van der Waals surface area contributed by atoms with E-state index >= 15 is 4.79 Å². The second-order valence-corrected chi connectivity index (χ2v) is 15.6. The van der Waals surface area contributed by atoms with Crippen LogP contribution in [0.1, 0.15) is 43.0 Å². The fourth-order valence-electron chi connectivity index (χ4n) is 9.09. The highest BCUT2D eigenvalue weighted by molar-refractivity contribution is 6.37. The minimum absolute atomic E-state index is 0.336.